The number of hydrogen-bond donors (Lipinski definition) is 1. The van der Waals surface area contributed by atoms with Crippen molar-refractivity contribution in [3.05, 3.63) is 65.7 Å². The molecule has 1 heterocycles. The number of aliphatic imine (C=N–C) groups is 1. The van der Waals surface area contributed by atoms with Crippen molar-refractivity contribution in [1.29, 1.82) is 0 Å². The van der Waals surface area contributed by atoms with E-state index in [1.54, 1.807) is 0 Å². The summed E-state index contributed by atoms with van der Waals surface area (Å²) in [4.78, 5) is 4.44. The van der Waals surface area contributed by atoms with Gasteiger partial charge >= 0.3 is 0 Å². The number of fused-ring (bicyclic) bond motifs is 1. The van der Waals surface area contributed by atoms with Crippen LogP contribution in [0, 0.1) is 5.41 Å². The quantitative estimate of drug-likeness (QED) is 0.835. The van der Waals surface area contributed by atoms with E-state index in [0.717, 1.165) is 16.8 Å². The van der Waals surface area contributed by atoms with Gasteiger partial charge < -0.3 is 5.11 Å². The lowest BCUT2D eigenvalue weighted by molar-refractivity contribution is 0.00173. The average molecular weight is 286 g/mol. The standard InChI is InChI=1S/C17H16ClNO/c1-16(2)15(18)19-14-11-7-6-10-13(14)17(16,20)12-8-4-3-5-9-12/h3-11,20H,1-2H3/t17-/m0/s1. The first-order valence-corrected chi connectivity index (χ1v) is 6.98. The van der Waals surface area contributed by atoms with E-state index in [1.165, 1.54) is 0 Å². The number of aliphatic hydroxyl groups is 1. The maximum Gasteiger partial charge on any atom is 0.128 e. The summed E-state index contributed by atoms with van der Waals surface area (Å²) in [7, 11) is 0. The molecule has 0 saturated heterocycles. The molecule has 3 rings (SSSR count). The van der Waals surface area contributed by atoms with Crippen LogP contribution in [-0.4, -0.2) is 10.3 Å². The van der Waals surface area contributed by atoms with Gasteiger partial charge in [0, 0.05) is 5.56 Å². The summed E-state index contributed by atoms with van der Waals surface area (Å²) in [6.45, 7) is 3.84. The van der Waals surface area contributed by atoms with Crippen LogP contribution in [0.3, 0.4) is 0 Å². The Labute approximate surface area is 123 Å². The molecule has 2 aromatic carbocycles. The molecule has 102 valence electrons. The molecular weight excluding hydrogens is 270 g/mol. The molecule has 0 saturated carbocycles. The number of rotatable bonds is 1. The van der Waals surface area contributed by atoms with Crippen molar-refractivity contribution in [2.24, 2.45) is 10.4 Å². The van der Waals surface area contributed by atoms with Crippen LogP contribution in [-0.2, 0) is 5.60 Å². The zero-order chi connectivity index (χ0) is 14.4. The molecule has 0 fully saturated rings. The van der Waals surface area contributed by atoms with Crippen molar-refractivity contribution < 1.29 is 5.11 Å². The Hall–Kier alpha value is -1.64. The van der Waals surface area contributed by atoms with Crippen LogP contribution in [0.15, 0.2) is 59.6 Å². The fraction of sp³-hybridized carbons (Fsp3) is 0.235. The highest BCUT2D eigenvalue weighted by Crippen LogP contribution is 2.52. The third kappa shape index (κ3) is 1.65. The molecule has 0 radical (unpaired) electrons. The Morgan fingerprint density at radius 2 is 1.55 bits per heavy atom. The molecule has 2 nitrogen and oxygen atoms in total. The highest BCUT2D eigenvalue weighted by atomic mass is 35.5. The molecule has 3 heteroatoms. The zero-order valence-electron chi connectivity index (χ0n) is 11.5. The third-order valence-electron chi connectivity index (χ3n) is 4.12. The Balaban J connectivity index is 2.35. The van der Waals surface area contributed by atoms with E-state index in [4.69, 9.17) is 11.6 Å². The van der Waals surface area contributed by atoms with Gasteiger partial charge in [-0.15, -0.1) is 0 Å². The van der Waals surface area contributed by atoms with E-state index >= 15 is 0 Å². The number of halogens is 1. The van der Waals surface area contributed by atoms with Gasteiger partial charge in [-0.05, 0) is 25.5 Å². The van der Waals surface area contributed by atoms with E-state index in [9.17, 15) is 5.11 Å². The Morgan fingerprint density at radius 1 is 0.950 bits per heavy atom. The second kappa shape index (κ2) is 4.44. The Morgan fingerprint density at radius 3 is 2.25 bits per heavy atom. The van der Waals surface area contributed by atoms with Crippen LogP contribution < -0.4 is 0 Å². The zero-order valence-corrected chi connectivity index (χ0v) is 12.2. The van der Waals surface area contributed by atoms with Gasteiger partial charge in [0.2, 0.25) is 0 Å². The molecule has 2 aromatic rings. The SMILES string of the molecule is CC1(C)C(Cl)=Nc2ccccc2[C@@]1(O)c1ccccc1. The van der Waals surface area contributed by atoms with Crippen molar-refractivity contribution in [1.82, 2.24) is 0 Å². The monoisotopic (exact) mass is 285 g/mol. The Bertz CT molecular complexity index is 678. The molecule has 0 amide bonds. The average Bonchev–Trinajstić information content (AvgIpc) is 2.46. The molecule has 0 bridgehead atoms. The molecule has 0 spiro atoms. The van der Waals surface area contributed by atoms with Gasteiger partial charge in [0.1, 0.15) is 10.8 Å². The van der Waals surface area contributed by atoms with E-state index in [0.29, 0.717) is 5.17 Å². The molecule has 1 aliphatic heterocycles. The summed E-state index contributed by atoms with van der Waals surface area (Å²) in [5.41, 5.74) is 0.461. The molecule has 0 aromatic heterocycles. The maximum absolute atomic E-state index is 11.5. The number of hydrogen-bond acceptors (Lipinski definition) is 2. The lowest BCUT2D eigenvalue weighted by Crippen LogP contribution is -2.48. The molecule has 20 heavy (non-hydrogen) atoms. The van der Waals surface area contributed by atoms with Gasteiger partial charge in [0.05, 0.1) is 11.1 Å². The minimum atomic E-state index is -1.19. The van der Waals surface area contributed by atoms with Gasteiger partial charge in [-0.2, -0.15) is 0 Å². The van der Waals surface area contributed by atoms with E-state index < -0.39 is 11.0 Å². The lowest BCUT2D eigenvalue weighted by atomic mass is 9.66. The first-order chi connectivity index (χ1) is 9.48. The topological polar surface area (TPSA) is 32.6 Å². The summed E-state index contributed by atoms with van der Waals surface area (Å²) in [6.07, 6.45) is 0. The summed E-state index contributed by atoms with van der Waals surface area (Å²) >= 11 is 6.36. The minimum Gasteiger partial charge on any atom is -0.379 e. The summed E-state index contributed by atoms with van der Waals surface area (Å²) < 4.78 is 0. The first kappa shape index (κ1) is 13.3. The second-order valence-electron chi connectivity index (χ2n) is 5.62. The maximum atomic E-state index is 11.5. The normalized spacial score (nSPS) is 23.9. The highest BCUT2D eigenvalue weighted by molar-refractivity contribution is 6.67. The number of para-hydroxylation sites is 1. The Kier molecular flexibility index (Phi) is 2.96. The van der Waals surface area contributed by atoms with Crippen LogP contribution in [0.4, 0.5) is 5.69 Å². The van der Waals surface area contributed by atoms with Gasteiger partial charge in [0.25, 0.3) is 0 Å². The molecule has 1 N–H and O–H groups in total. The van der Waals surface area contributed by atoms with Crippen LogP contribution in [0.2, 0.25) is 0 Å². The molecule has 1 aliphatic rings. The van der Waals surface area contributed by atoms with E-state index in [-0.39, 0.29) is 0 Å². The van der Waals surface area contributed by atoms with Gasteiger partial charge in [-0.1, -0.05) is 60.1 Å². The predicted molar refractivity (Wildman–Crippen MR) is 82.6 cm³/mol. The summed E-state index contributed by atoms with van der Waals surface area (Å²) in [5, 5.41) is 11.9. The van der Waals surface area contributed by atoms with E-state index in [2.05, 4.69) is 4.99 Å². The van der Waals surface area contributed by atoms with Crippen LogP contribution in [0.25, 0.3) is 0 Å². The fourth-order valence-corrected chi connectivity index (χ4v) is 3.03. The first-order valence-electron chi connectivity index (χ1n) is 6.60. The minimum absolute atomic E-state index is 0.419. The number of nitrogens with zero attached hydrogens (tertiary/aromatic N) is 1. The van der Waals surface area contributed by atoms with Gasteiger partial charge in [0.15, 0.2) is 0 Å². The molecule has 0 aliphatic carbocycles. The second-order valence-corrected chi connectivity index (χ2v) is 5.98. The van der Waals surface area contributed by atoms with Crippen molar-refractivity contribution in [3.8, 4) is 0 Å². The van der Waals surface area contributed by atoms with Gasteiger partial charge in [-0.3, -0.25) is 0 Å². The lowest BCUT2D eigenvalue weighted by Gasteiger charge is -2.45. The van der Waals surface area contributed by atoms with Crippen LogP contribution in [0.5, 0.6) is 0 Å². The van der Waals surface area contributed by atoms with Crippen molar-refractivity contribution in [3.63, 3.8) is 0 Å². The van der Waals surface area contributed by atoms with Crippen molar-refractivity contribution >= 4 is 22.5 Å². The third-order valence-corrected chi connectivity index (χ3v) is 4.68. The highest BCUT2D eigenvalue weighted by Gasteiger charge is 2.52. The van der Waals surface area contributed by atoms with Crippen LogP contribution in [0.1, 0.15) is 25.0 Å². The van der Waals surface area contributed by atoms with Crippen molar-refractivity contribution in [2.45, 2.75) is 19.4 Å². The number of benzene rings is 2. The van der Waals surface area contributed by atoms with Crippen LogP contribution >= 0.6 is 11.6 Å². The summed E-state index contributed by atoms with van der Waals surface area (Å²) in [5.74, 6) is 0. The van der Waals surface area contributed by atoms with Crippen molar-refractivity contribution in [2.75, 3.05) is 0 Å². The fourth-order valence-electron chi connectivity index (χ4n) is 2.80. The largest absolute Gasteiger partial charge is 0.379 e. The summed E-state index contributed by atoms with van der Waals surface area (Å²) in [6, 6.07) is 17.2. The molecule has 0 unspecified atom stereocenters. The van der Waals surface area contributed by atoms with E-state index in [1.807, 2.05) is 68.4 Å². The predicted octanol–water partition coefficient (Wildman–Crippen LogP) is 4.23. The van der Waals surface area contributed by atoms with Gasteiger partial charge in [-0.25, -0.2) is 4.99 Å². The molecule has 1 atom stereocenters. The molecular formula is C17H16ClNO. The smallest absolute Gasteiger partial charge is 0.128 e.